The summed E-state index contributed by atoms with van der Waals surface area (Å²) >= 11 is 0. The number of rotatable bonds is 7. The number of methoxy groups -OCH3 is 1. The van der Waals surface area contributed by atoms with Crippen LogP contribution in [-0.2, 0) is 0 Å². The molecule has 1 amide bonds. The van der Waals surface area contributed by atoms with E-state index in [1.165, 1.54) is 0 Å². The molecule has 0 aliphatic rings. The number of carbonyl (C=O) groups is 1. The second-order valence-electron chi connectivity index (χ2n) is 7.41. The number of ether oxygens (including phenoxy) is 1. The van der Waals surface area contributed by atoms with Gasteiger partial charge < -0.3 is 19.9 Å². The van der Waals surface area contributed by atoms with Crippen LogP contribution in [-0.4, -0.2) is 60.8 Å². The number of nitrogens with zero attached hydrogens (tertiary/aromatic N) is 4. The summed E-state index contributed by atoms with van der Waals surface area (Å²) < 4.78 is 6.93. The molecule has 0 spiro atoms. The molecule has 0 aliphatic carbocycles. The Balaban J connectivity index is 1.68. The van der Waals surface area contributed by atoms with Crippen LogP contribution >= 0.6 is 0 Å². The number of aromatic nitrogens is 2. The average molecular weight is 396 g/mol. The quantitative estimate of drug-likeness (QED) is 0.657. The van der Waals surface area contributed by atoms with Crippen LogP contribution in [0.2, 0.25) is 0 Å². The zero-order valence-corrected chi connectivity index (χ0v) is 17.7. The maximum atomic E-state index is 12.9. The molecule has 0 atom stereocenters. The van der Waals surface area contributed by atoms with Crippen molar-refractivity contribution in [3.63, 3.8) is 0 Å². The van der Waals surface area contributed by atoms with Gasteiger partial charge in [-0.2, -0.15) is 0 Å². The van der Waals surface area contributed by atoms with Crippen molar-refractivity contribution in [1.29, 1.82) is 0 Å². The van der Waals surface area contributed by atoms with E-state index in [2.05, 4.69) is 29.0 Å². The van der Waals surface area contributed by atoms with E-state index < -0.39 is 0 Å². The molecule has 1 aromatic carbocycles. The molecule has 29 heavy (non-hydrogen) atoms. The predicted octanol–water partition coefficient (Wildman–Crippen LogP) is 3.90. The van der Waals surface area contributed by atoms with E-state index >= 15 is 0 Å². The first-order valence-corrected chi connectivity index (χ1v) is 9.74. The molecule has 2 heterocycles. The summed E-state index contributed by atoms with van der Waals surface area (Å²) in [6.07, 6.45) is 3.59. The van der Waals surface area contributed by atoms with Gasteiger partial charge in [0, 0.05) is 51.0 Å². The van der Waals surface area contributed by atoms with Gasteiger partial charge in [-0.1, -0.05) is 0 Å². The Morgan fingerprint density at radius 3 is 2.72 bits per heavy atom. The van der Waals surface area contributed by atoms with Crippen LogP contribution in [0.4, 0.5) is 16.3 Å². The summed E-state index contributed by atoms with van der Waals surface area (Å²) in [6, 6.07) is 11.8. The normalized spacial score (nSPS) is 11.0. The van der Waals surface area contributed by atoms with Gasteiger partial charge in [-0.05, 0) is 50.2 Å². The van der Waals surface area contributed by atoms with Crippen LogP contribution in [0.25, 0.3) is 10.9 Å². The third-order valence-electron chi connectivity index (χ3n) is 4.79. The molecule has 0 bridgehead atoms. The standard InChI is InChI=1S/C22H29N5O2/c1-16(2)24-19-7-6-11-23-21(19)25(3)13-14-26(4)22(28)27-12-10-17-15-18(29-5)8-9-20(17)27/h6-12,15-16,24H,13-14H2,1-5H3. The van der Waals surface area contributed by atoms with Crippen LogP contribution in [0.3, 0.4) is 0 Å². The molecule has 0 fully saturated rings. The minimum absolute atomic E-state index is 0.0693. The third kappa shape index (κ3) is 4.62. The fourth-order valence-corrected chi connectivity index (χ4v) is 3.22. The lowest BCUT2D eigenvalue weighted by atomic mass is 10.2. The van der Waals surface area contributed by atoms with Crippen molar-refractivity contribution in [2.24, 2.45) is 0 Å². The lowest BCUT2D eigenvalue weighted by Gasteiger charge is -2.25. The molecular weight excluding hydrogens is 366 g/mol. The van der Waals surface area contributed by atoms with Gasteiger partial charge in [0.1, 0.15) is 5.75 Å². The Morgan fingerprint density at radius 2 is 2.00 bits per heavy atom. The maximum absolute atomic E-state index is 12.9. The second-order valence-corrected chi connectivity index (χ2v) is 7.41. The number of likely N-dealkylation sites (N-methyl/N-ethyl adjacent to an activating group) is 2. The maximum Gasteiger partial charge on any atom is 0.328 e. The molecule has 0 radical (unpaired) electrons. The minimum Gasteiger partial charge on any atom is -0.497 e. The molecule has 2 aromatic heterocycles. The first kappa shape index (κ1) is 20.5. The highest BCUT2D eigenvalue weighted by atomic mass is 16.5. The first-order chi connectivity index (χ1) is 13.9. The Labute approximate surface area is 171 Å². The number of anilines is 2. The van der Waals surface area contributed by atoms with Crippen LogP contribution in [0, 0.1) is 0 Å². The van der Waals surface area contributed by atoms with Crippen LogP contribution < -0.4 is 15.0 Å². The number of fused-ring (bicyclic) bond motifs is 1. The number of amides is 1. The fraction of sp³-hybridized carbons (Fsp3) is 0.364. The highest BCUT2D eigenvalue weighted by Crippen LogP contribution is 2.23. The van der Waals surface area contributed by atoms with Crippen molar-refractivity contribution in [2.75, 3.05) is 44.5 Å². The number of hydrogen-bond acceptors (Lipinski definition) is 5. The number of pyridine rings is 1. The molecule has 7 nitrogen and oxygen atoms in total. The van der Waals surface area contributed by atoms with Gasteiger partial charge in [-0.25, -0.2) is 9.78 Å². The summed E-state index contributed by atoms with van der Waals surface area (Å²) in [5, 5.41) is 4.39. The monoisotopic (exact) mass is 395 g/mol. The van der Waals surface area contributed by atoms with E-state index in [1.807, 2.05) is 50.5 Å². The van der Waals surface area contributed by atoms with Gasteiger partial charge in [0.2, 0.25) is 0 Å². The number of nitrogens with one attached hydrogen (secondary N) is 1. The van der Waals surface area contributed by atoms with E-state index in [0.717, 1.165) is 28.2 Å². The van der Waals surface area contributed by atoms with E-state index in [1.54, 1.807) is 29.0 Å². The van der Waals surface area contributed by atoms with Crippen molar-refractivity contribution in [3.8, 4) is 5.75 Å². The van der Waals surface area contributed by atoms with E-state index in [-0.39, 0.29) is 6.03 Å². The Kier molecular flexibility index (Phi) is 6.26. The van der Waals surface area contributed by atoms with Gasteiger partial charge in [0.15, 0.2) is 5.82 Å². The van der Waals surface area contributed by atoms with Crippen molar-refractivity contribution in [3.05, 3.63) is 48.8 Å². The molecular formula is C22H29N5O2. The average Bonchev–Trinajstić information content (AvgIpc) is 3.14. The largest absolute Gasteiger partial charge is 0.497 e. The van der Waals surface area contributed by atoms with Gasteiger partial charge >= 0.3 is 6.03 Å². The Hall–Kier alpha value is -3.22. The molecule has 0 aliphatic heterocycles. The van der Waals surface area contributed by atoms with Gasteiger partial charge in [0.25, 0.3) is 0 Å². The minimum atomic E-state index is -0.0693. The van der Waals surface area contributed by atoms with Crippen molar-refractivity contribution in [2.45, 2.75) is 19.9 Å². The summed E-state index contributed by atoms with van der Waals surface area (Å²) in [5.41, 5.74) is 1.86. The third-order valence-corrected chi connectivity index (χ3v) is 4.79. The number of hydrogen-bond donors (Lipinski definition) is 1. The van der Waals surface area contributed by atoms with Crippen molar-refractivity contribution in [1.82, 2.24) is 14.5 Å². The summed E-state index contributed by atoms with van der Waals surface area (Å²) in [5.74, 6) is 1.65. The fourth-order valence-electron chi connectivity index (χ4n) is 3.22. The van der Waals surface area contributed by atoms with Crippen LogP contribution in [0.1, 0.15) is 13.8 Å². The van der Waals surface area contributed by atoms with E-state index in [9.17, 15) is 4.79 Å². The van der Waals surface area contributed by atoms with Crippen molar-refractivity contribution >= 4 is 28.4 Å². The van der Waals surface area contributed by atoms with Crippen LogP contribution in [0.5, 0.6) is 5.75 Å². The highest BCUT2D eigenvalue weighted by Gasteiger charge is 2.16. The smallest absolute Gasteiger partial charge is 0.328 e. The summed E-state index contributed by atoms with van der Waals surface area (Å²) in [6.45, 7) is 5.43. The lowest BCUT2D eigenvalue weighted by Crippen LogP contribution is -2.37. The SMILES string of the molecule is COc1ccc2c(ccn2C(=O)N(C)CCN(C)c2ncccc2NC(C)C)c1. The van der Waals surface area contributed by atoms with Crippen molar-refractivity contribution < 1.29 is 9.53 Å². The van der Waals surface area contributed by atoms with Gasteiger partial charge in [-0.15, -0.1) is 0 Å². The van der Waals surface area contributed by atoms with Gasteiger partial charge in [0.05, 0.1) is 18.3 Å². The zero-order valence-electron chi connectivity index (χ0n) is 17.7. The Morgan fingerprint density at radius 1 is 1.21 bits per heavy atom. The topological polar surface area (TPSA) is 62.6 Å². The highest BCUT2D eigenvalue weighted by molar-refractivity contribution is 5.92. The van der Waals surface area contributed by atoms with E-state index in [4.69, 9.17) is 4.74 Å². The summed E-state index contributed by atoms with van der Waals surface area (Å²) in [4.78, 5) is 21.2. The molecule has 3 aromatic rings. The predicted molar refractivity (Wildman–Crippen MR) is 118 cm³/mol. The molecule has 1 N–H and O–H groups in total. The van der Waals surface area contributed by atoms with Crippen LogP contribution in [0.15, 0.2) is 48.8 Å². The number of carbonyl (C=O) groups excluding carboxylic acids is 1. The molecule has 7 heteroatoms. The molecule has 0 saturated heterocycles. The zero-order chi connectivity index (χ0) is 21.0. The number of benzene rings is 1. The lowest BCUT2D eigenvalue weighted by molar-refractivity contribution is 0.212. The molecule has 0 saturated carbocycles. The van der Waals surface area contributed by atoms with E-state index in [0.29, 0.717) is 19.1 Å². The summed E-state index contributed by atoms with van der Waals surface area (Å²) in [7, 11) is 5.44. The first-order valence-electron chi connectivity index (χ1n) is 9.74. The molecule has 0 unspecified atom stereocenters. The Bertz CT molecular complexity index is 982. The molecule has 154 valence electrons. The second kappa shape index (κ2) is 8.86. The van der Waals surface area contributed by atoms with Gasteiger partial charge in [-0.3, -0.25) is 4.57 Å². The molecule has 3 rings (SSSR count).